The third kappa shape index (κ3) is 3.31. The zero-order chi connectivity index (χ0) is 17.3. The predicted molar refractivity (Wildman–Crippen MR) is 97.6 cm³/mol. The molecule has 3 rings (SSSR count). The van der Waals surface area contributed by atoms with Crippen LogP contribution in [0.15, 0.2) is 42.5 Å². The van der Waals surface area contributed by atoms with Gasteiger partial charge in [-0.1, -0.05) is 35.3 Å². The van der Waals surface area contributed by atoms with Gasteiger partial charge in [0, 0.05) is 9.72 Å². The molecule has 3 aromatic rings. The lowest BCUT2D eigenvalue weighted by atomic mass is 10.1. The first-order valence-corrected chi connectivity index (χ1v) is 8.68. The van der Waals surface area contributed by atoms with Crippen LogP contribution in [-0.4, -0.2) is 18.4 Å². The van der Waals surface area contributed by atoms with Crippen molar-refractivity contribution in [1.82, 2.24) is 0 Å². The SMILES string of the molecule is Cc1c(C(=O)COC(=O)c2ccccc2Cl)sc2ccc(Cl)cc12. The van der Waals surface area contributed by atoms with Crippen LogP contribution in [0.2, 0.25) is 10.0 Å². The van der Waals surface area contributed by atoms with Crippen LogP contribution >= 0.6 is 34.5 Å². The van der Waals surface area contributed by atoms with Gasteiger partial charge < -0.3 is 4.74 Å². The summed E-state index contributed by atoms with van der Waals surface area (Å²) in [4.78, 5) is 25.0. The van der Waals surface area contributed by atoms with Gasteiger partial charge in [0.2, 0.25) is 5.78 Å². The lowest BCUT2D eigenvalue weighted by molar-refractivity contribution is 0.0476. The fourth-order valence-electron chi connectivity index (χ4n) is 2.36. The molecule has 0 aliphatic rings. The number of ether oxygens (including phenoxy) is 1. The molecule has 0 radical (unpaired) electrons. The summed E-state index contributed by atoms with van der Waals surface area (Å²) in [6, 6.07) is 12.0. The highest BCUT2D eigenvalue weighted by molar-refractivity contribution is 7.21. The molecule has 1 aromatic heterocycles. The molecule has 0 fully saturated rings. The number of ketones is 1. The van der Waals surface area contributed by atoms with E-state index in [4.69, 9.17) is 27.9 Å². The van der Waals surface area contributed by atoms with Crippen molar-refractivity contribution in [3.8, 4) is 0 Å². The van der Waals surface area contributed by atoms with Crippen molar-refractivity contribution < 1.29 is 14.3 Å². The molecule has 0 saturated heterocycles. The minimum absolute atomic E-state index is 0.242. The van der Waals surface area contributed by atoms with E-state index in [1.54, 1.807) is 30.3 Å². The Bertz CT molecular complexity index is 947. The molecule has 6 heteroatoms. The Morgan fingerprint density at radius 1 is 1.12 bits per heavy atom. The van der Waals surface area contributed by atoms with Crippen LogP contribution in [0.3, 0.4) is 0 Å². The molecule has 0 unspecified atom stereocenters. The van der Waals surface area contributed by atoms with Crippen LogP contribution in [0.4, 0.5) is 0 Å². The van der Waals surface area contributed by atoms with Crippen LogP contribution in [0.25, 0.3) is 10.1 Å². The summed E-state index contributed by atoms with van der Waals surface area (Å²) in [6.45, 7) is 1.53. The van der Waals surface area contributed by atoms with Gasteiger partial charge in [-0.2, -0.15) is 0 Å². The topological polar surface area (TPSA) is 43.4 Å². The van der Waals surface area contributed by atoms with Gasteiger partial charge in [0.15, 0.2) is 6.61 Å². The third-order valence-electron chi connectivity index (χ3n) is 3.58. The van der Waals surface area contributed by atoms with Crippen LogP contribution in [-0.2, 0) is 4.74 Å². The highest BCUT2D eigenvalue weighted by Gasteiger charge is 2.18. The summed E-state index contributed by atoms with van der Waals surface area (Å²) in [5.41, 5.74) is 1.09. The van der Waals surface area contributed by atoms with E-state index < -0.39 is 5.97 Å². The monoisotopic (exact) mass is 378 g/mol. The van der Waals surface area contributed by atoms with Crippen LogP contribution < -0.4 is 0 Å². The average Bonchev–Trinajstić information content (AvgIpc) is 2.89. The molecule has 2 aromatic carbocycles. The molecular formula is C18H12Cl2O3S. The minimum Gasteiger partial charge on any atom is -0.454 e. The molecule has 0 amide bonds. The molecule has 0 atom stereocenters. The first kappa shape index (κ1) is 17.0. The number of rotatable bonds is 4. The lowest BCUT2D eigenvalue weighted by Gasteiger charge is -2.05. The number of Topliss-reactive ketones (excluding diaryl/α,β-unsaturated/α-hetero) is 1. The number of halogens is 2. The van der Waals surface area contributed by atoms with Crippen molar-refractivity contribution in [2.24, 2.45) is 0 Å². The van der Waals surface area contributed by atoms with Crippen LogP contribution in [0.5, 0.6) is 0 Å². The number of thiophene rings is 1. The summed E-state index contributed by atoms with van der Waals surface area (Å²) in [6.07, 6.45) is 0. The maximum Gasteiger partial charge on any atom is 0.340 e. The standard InChI is InChI=1S/C18H12Cl2O3S/c1-10-13-8-11(19)6-7-16(13)24-17(10)15(21)9-23-18(22)12-4-2-3-5-14(12)20/h2-8H,9H2,1H3. The molecule has 0 N–H and O–H groups in total. The summed E-state index contributed by atoms with van der Waals surface area (Å²) >= 11 is 13.3. The lowest BCUT2D eigenvalue weighted by Crippen LogP contribution is -2.14. The molecule has 0 spiro atoms. The molecule has 1 heterocycles. The van der Waals surface area contributed by atoms with Crippen molar-refractivity contribution >= 4 is 56.4 Å². The van der Waals surface area contributed by atoms with Gasteiger partial charge in [-0.25, -0.2) is 4.79 Å². The number of hydrogen-bond acceptors (Lipinski definition) is 4. The Morgan fingerprint density at radius 2 is 1.88 bits per heavy atom. The fourth-order valence-corrected chi connectivity index (χ4v) is 3.86. The van der Waals surface area contributed by atoms with Gasteiger partial charge in [0.05, 0.1) is 15.5 Å². The molecule has 0 aliphatic carbocycles. The van der Waals surface area contributed by atoms with Gasteiger partial charge in [-0.3, -0.25) is 4.79 Å². The zero-order valence-corrected chi connectivity index (χ0v) is 15.0. The van der Waals surface area contributed by atoms with Crippen molar-refractivity contribution in [3.05, 3.63) is 68.5 Å². The Labute approximate surface area is 152 Å². The normalized spacial score (nSPS) is 10.8. The Balaban J connectivity index is 1.77. The van der Waals surface area contributed by atoms with E-state index in [1.807, 2.05) is 19.1 Å². The molecule has 122 valence electrons. The van der Waals surface area contributed by atoms with E-state index in [9.17, 15) is 9.59 Å². The number of benzene rings is 2. The molecule has 0 aliphatic heterocycles. The first-order valence-electron chi connectivity index (χ1n) is 7.11. The largest absolute Gasteiger partial charge is 0.454 e. The number of hydrogen-bond donors (Lipinski definition) is 0. The second kappa shape index (κ2) is 6.93. The van der Waals surface area contributed by atoms with Crippen molar-refractivity contribution in [2.75, 3.05) is 6.61 Å². The van der Waals surface area contributed by atoms with Gasteiger partial charge in [0.1, 0.15) is 0 Å². The smallest absolute Gasteiger partial charge is 0.340 e. The number of aryl methyl sites for hydroxylation is 1. The van der Waals surface area contributed by atoms with E-state index in [2.05, 4.69) is 0 Å². The Hall–Kier alpha value is -1.88. The van der Waals surface area contributed by atoms with Crippen LogP contribution in [0.1, 0.15) is 25.6 Å². The maximum absolute atomic E-state index is 12.4. The predicted octanol–water partition coefficient (Wildman–Crippen LogP) is 5.56. The van der Waals surface area contributed by atoms with E-state index in [-0.39, 0.29) is 18.0 Å². The van der Waals surface area contributed by atoms with Crippen molar-refractivity contribution in [3.63, 3.8) is 0 Å². The summed E-state index contributed by atoms with van der Waals surface area (Å²) < 4.78 is 6.08. The highest BCUT2D eigenvalue weighted by Crippen LogP contribution is 2.33. The highest BCUT2D eigenvalue weighted by atomic mass is 35.5. The van der Waals surface area contributed by atoms with E-state index >= 15 is 0 Å². The quantitative estimate of drug-likeness (QED) is 0.441. The second-order valence-electron chi connectivity index (χ2n) is 5.18. The molecule has 0 bridgehead atoms. The number of carbonyl (C=O) groups excluding carboxylic acids is 2. The van der Waals surface area contributed by atoms with Gasteiger partial charge in [-0.15, -0.1) is 11.3 Å². The average molecular weight is 379 g/mol. The Kier molecular flexibility index (Phi) is 4.90. The van der Waals surface area contributed by atoms with E-state index in [0.717, 1.165) is 15.6 Å². The number of fused-ring (bicyclic) bond motifs is 1. The first-order chi connectivity index (χ1) is 11.5. The number of carbonyl (C=O) groups is 2. The minimum atomic E-state index is -0.615. The Morgan fingerprint density at radius 3 is 2.62 bits per heavy atom. The summed E-state index contributed by atoms with van der Waals surface area (Å²) in [7, 11) is 0. The summed E-state index contributed by atoms with van der Waals surface area (Å²) in [5, 5.41) is 1.85. The van der Waals surface area contributed by atoms with E-state index in [0.29, 0.717) is 14.9 Å². The van der Waals surface area contributed by atoms with Crippen molar-refractivity contribution in [2.45, 2.75) is 6.92 Å². The molecule has 0 saturated carbocycles. The van der Waals surface area contributed by atoms with Gasteiger partial charge in [-0.05, 0) is 48.2 Å². The maximum atomic E-state index is 12.4. The summed E-state index contributed by atoms with van der Waals surface area (Å²) in [5.74, 6) is -0.860. The van der Waals surface area contributed by atoms with Gasteiger partial charge in [0.25, 0.3) is 0 Å². The van der Waals surface area contributed by atoms with Gasteiger partial charge >= 0.3 is 5.97 Å². The van der Waals surface area contributed by atoms with Crippen molar-refractivity contribution in [1.29, 1.82) is 0 Å². The molecule has 24 heavy (non-hydrogen) atoms. The molecule has 3 nitrogen and oxygen atoms in total. The zero-order valence-electron chi connectivity index (χ0n) is 12.6. The van der Waals surface area contributed by atoms with E-state index in [1.165, 1.54) is 11.3 Å². The second-order valence-corrected chi connectivity index (χ2v) is 7.07. The molecular weight excluding hydrogens is 367 g/mol. The third-order valence-corrected chi connectivity index (χ3v) is 5.46. The van der Waals surface area contributed by atoms with Crippen LogP contribution in [0, 0.1) is 6.92 Å². The number of esters is 1. The fraction of sp³-hybridized carbons (Fsp3) is 0.111.